The van der Waals surface area contributed by atoms with Crippen LogP contribution in [0.4, 0.5) is 0 Å². The van der Waals surface area contributed by atoms with Crippen molar-refractivity contribution < 1.29 is 19.4 Å². The van der Waals surface area contributed by atoms with Gasteiger partial charge in [-0.1, -0.05) is 48.5 Å². The maximum atomic E-state index is 11.3. The Bertz CT molecular complexity index is 1080. The monoisotopic (exact) mass is 389 g/mol. The molecule has 0 aliphatic carbocycles. The summed E-state index contributed by atoms with van der Waals surface area (Å²) in [5.41, 5.74) is 3.16. The van der Waals surface area contributed by atoms with E-state index in [4.69, 9.17) is 9.47 Å². The molecule has 0 fully saturated rings. The zero-order valence-corrected chi connectivity index (χ0v) is 16.2. The van der Waals surface area contributed by atoms with E-state index < -0.39 is 12.1 Å². The van der Waals surface area contributed by atoms with Gasteiger partial charge in [-0.3, -0.25) is 0 Å². The maximum Gasteiger partial charge on any atom is 0.333 e. The van der Waals surface area contributed by atoms with E-state index in [1.807, 2.05) is 48.5 Å². The van der Waals surface area contributed by atoms with E-state index in [1.54, 1.807) is 6.92 Å². The Morgan fingerprint density at radius 3 is 2.07 bits per heavy atom. The van der Waals surface area contributed by atoms with Gasteiger partial charge in [-0.2, -0.15) is 0 Å². The van der Waals surface area contributed by atoms with Crippen molar-refractivity contribution in [1.29, 1.82) is 0 Å². The first-order valence-corrected chi connectivity index (χ1v) is 9.69. The summed E-state index contributed by atoms with van der Waals surface area (Å²) in [7, 11) is 0. The lowest BCUT2D eigenvalue weighted by atomic mass is 10.1. The van der Waals surface area contributed by atoms with E-state index in [0.29, 0.717) is 19.8 Å². The van der Waals surface area contributed by atoms with Crippen molar-refractivity contribution in [3.63, 3.8) is 0 Å². The average molecular weight is 389 g/mol. The number of carbonyl (C=O) groups is 1. The molecule has 5 nitrogen and oxygen atoms in total. The molecule has 0 aliphatic heterocycles. The van der Waals surface area contributed by atoms with Crippen LogP contribution < -0.4 is 4.74 Å². The van der Waals surface area contributed by atoms with E-state index in [1.165, 1.54) is 10.8 Å². The summed E-state index contributed by atoms with van der Waals surface area (Å²) in [6, 6.07) is 24.1. The summed E-state index contributed by atoms with van der Waals surface area (Å²) < 4.78 is 13.5. The van der Waals surface area contributed by atoms with Crippen molar-refractivity contribution in [2.75, 3.05) is 6.61 Å². The number of aliphatic carboxylic acids is 1. The van der Waals surface area contributed by atoms with Crippen LogP contribution in [0.15, 0.2) is 72.8 Å². The lowest BCUT2D eigenvalue weighted by molar-refractivity contribution is -0.149. The van der Waals surface area contributed by atoms with Gasteiger partial charge in [-0.15, -0.1) is 0 Å². The van der Waals surface area contributed by atoms with Gasteiger partial charge >= 0.3 is 5.97 Å². The molecular formula is C24H23NO4. The quantitative estimate of drug-likeness (QED) is 0.467. The van der Waals surface area contributed by atoms with Crippen LogP contribution in [-0.4, -0.2) is 28.4 Å². The number of carboxylic acids is 1. The molecule has 1 aromatic heterocycles. The molecule has 3 aromatic carbocycles. The minimum absolute atomic E-state index is 0.330. The number of ether oxygens (including phenoxy) is 2. The van der Waals surface area contributed by atoms with Gasteiger partial charge in [0.05, 0.1) is 11.0 Å². The molecule has 29 heavy (non-hydrogen) atoms. The second kappa shape index (κ2) is 8.37. The highest BCUT2D eigenvalue weighted by Crippen LogP contribution is 2.29. The molecule has 0 spiro atoms. The van der Waals surface area contributed by atoms with Gasteiger partial charge in [0.1, 0.15) is 5.75 Å². The predicted molar refractivity (Wildman–Crippen MR) is 113 cm³/mol. The van der Waals surface area contributed by atoms with Crippen molar-refractivity contribution in [2.24, 2.45) is 0 Å². The Kier molecular flexibility index (Phi) is 5.49. The summed E-state index contributed by atoms with van der Waals surface area (Å²) in [6.45, 7) is 2.56. The normalized spacial score (nSPS) is 12.3. The molecule has 0 aliphatic rings. The van der Waals surface area contributed by atoms with Gasteiger partial charge in [0.15, 0.2) is 12.8 Å². The highest BCUT2D eigenvalue weighted by molar-refractivity contribution is 6.07. The Balaban J connectivity index is 1.52. The number of aromatic nitrogens is 1. The average Bonchev–Trinajstić information content (AvgIpc) is 3.07. The number of nitrogens with zero attached hydrogens (tertiary/aromatic N) is 1. The van der Waals surface area contributed by atoms with Crippen molar-refractivity contribution >= 4 is 27.8 Å². The zero-order chi connectivity index (χ0) is 20.2. The van der Waals surface area contributed by atoms with Gasteiger partial charge in [0.2, 0.25) is 0 Å². The molecule has 0 amide bonds. The Labute approximate surface area is 169 Å². The lowest BCUT2D eigenvalue weighted by Crippen LogP contribution is -2.26. The fraction of sp³-hybridized carbons (Fsp3) is 0.208. The predicted octanol–water partition coefficient (Wildman–Crippen LogP) is 4.86. The number of benzene rings is 3. The highest BCUT2D eigenvalue weighted by atomic mass is 16.5. The third-order valence-electron chi connectivity index (χ3n) is 5.03. The molecular weight excluding hydrogens is 366 g/mol. The molecule has 5 heteroatoms. The minimum Gasteiger partial charge on any atom is -0.479 e. The number of carboxylic acid groups (broad SMARTS) is 1. The Hall–Kier alpha value is -3.31. The standard InChI is InChI=1S/C24H23NO4/c1-2-28-23(24(26)27)15-17-11-13-18(14-12-17)29-16-25-21-9-5-3-7-19(21)20-8-4-6-10-22(20)25/h3-14,23H,2,15-16H2,1H3,(H,26,27)/t23-/m0/s1. The molecule has 0 bridgehead atoms. The molecule has 0 radical (unpaired) electrons. The number of para-hydroxylation sites is 2. The molecule has 1 heterocycles. The summed E-state index contributed by atoms with van der Waals surface area (Å²) in [5.74, 6) is -0.211. The first-order valence-electron chi connectivity index (χ1n) is 9.69. The first-order chi connectivity index (χ1) is 14.2. The van der Waals surface area contributed by atoms with E-state index in [2.05, 4.69) is 28.8 Å². The SMILES string of the molecule is CCO[C@@H](Cc1ccc(OCn2c3ccccc3c3ccccc32)cc1)C(=O)O. The minimum atomic E-state index is -0.946. The second-order valence-corrected chi connectivity index (χ2v) is 6.87. The largest absolute Gasteiger partial charge is 0.479 e. The fourth-order valence-electron chi connectivity index (χ4n) is 3.64. The molecule has 4 rings (SSSR count). The van der Waals surface area contributed by atoms with E-state index in [-0.39, 0.29) is 0 Å². The summed E-state index contributed by atoms with van der Waals surface area (Å²) in [5, 5.41) is 11.6. The third kappa shape index (κ3) is 3.96. The van der Waals surface area contributed by atoms with Crippen LogP contribution in [0, 0.1) is 0 Å². The molecule has 1 atom stereocenters. The van der Waals surface area contributed by atoms with Crippen LogP contribution in [0.1, 0.15) is 12.5 Å². The Morgan fingerprint density at radius 1 is 0.931 bits per heavy atom. The van der Waals surface area contributed by atoms with E-state index >= 15 is 0 Å². The van der Waals surface area contributed by atoms with Crippen molar-refractivity contribution in [2.45, 2.75) is 26.2 Å². The third-order valence-corrected chi connectivity index (χ3v) is 5.03. The summed E-state index contributed by atoms with van der Waals surface area (Å²) >= 11 is 0. The maximum absolute atomic E-state index is 11.3. The Morgan fingerprint density at radius 2 is 1.52 bits per heavy atom. The molecule has 1 N–H and O–H groups in total. The van der Waals surface area contributed by atoms with Crippen molar-refractivity contribution in [3.05, 3.63) is 78.4 Å². The highest BCUT2D eigenvalue weighted by Gasteiger charge is 2.18. The summed E-state index contributed by atoms with van der Waals surface area (Å²) in [6.07, 6.45) is -0.500. The molecule has 0 saturated heterocycles. The molecule has 148 valence electrons. The fourth-order valence-corrected chi connectivity index (χ4v) is 3.64. The molecule has 0 saturated carbocycles. The number of fused-ring (bicyclic) bond motifs is 3. The second-order valence-electron chi connectivity index (χ2n) is 6.87. The van der Waals surface area contributed by atoms with E-state index in [0.717, 1.165) is 22.3 Å². The smallest absolute Gasteiger partial charge is 0.333 e. The van der Waals surface area contributed by atoms with Crippen LogP contribution in [0.25, 0.3) is 21.8 Å². The molecule has 0 unspecified atom stereocenters. The number of rotatable bonds is 8. The number of hydrogen-bond acceptors (Lipinski definition) is 3. The van der Waals surface area contributed by atoms with Crippen LogP contribution >= 0.6 is 0 Å². The summed E-state index contributed by atoms with van der Waals surface area (Å²) in [4.78, 5) is 11.3. The van der Waals surface area contributed by atoms with Crippen LogP contribution in [0.5, 0.6) is 5.75 Å². The lowest BCUT2D eigenvalue weighted by Gasteiger charge is -2.13. The van der Waals surface area contributed by atoms with Gasteiger partial charge < -0.3 is 19.1 Å². The van der Waals surface area contributed by atoms with Crippen molar-refractivity contribution in [1.82, 2.24) is 4.57 Å². The van der Waals surface area contributed by atoms with Crippen LogP contribution in [-0.2, 0) is 22.7 Å². The molecule has 4 aromatic rings. The zero-order valence-electron chi connectivity index (χ0n) is 16.2. The van der Waals surface area contributed by atoms with Crippen LogP contribution in [0.3, 0.4) is 0 Å². The number of hydrogen-bond donors (Lipinski definition) is 1. The van der Waals surface area contributed by atoms with Crippen molar-refractivity contribution in [3.8, 4) is 5.75 Å². The van der Waals surface area contributed by atoms with E-state index in [9.17, 15) is 9.90 Å². The van der Waals surface area contributed by atoms with Gasteiger partial charge in [0, 0.05) is 23.8 Å². The van der Waals surface area contributed by atoms with Crippen LogP contribution in [0.2, 0.25) is 0 Å². The van der Waals surface area contributed by atoms with Gasteiger partial charge in [0.25, 0.3) is 0 Å². The van der Waals surface area contributed by atoms with Gasteiger partial charge in [-0.05, 0) is 36.8 Å². The first kappa shape index (κ1) is 19.0. The topological polar surface area (TPSA) is 60.7 Å². The van der Waals surface area contributed by atoms with Gasteiger partial charge in [-0.25, -0.2) is 4.79 Å².